The minimum atomic E-state index is -0.505. The van der Waals surface area contributed by atoms with Crippen molar-refractivity contribution in [3.8, 4) is 0 Å². The fraction of sp³-hybridized carbons (Fsp3) is 0.222. The molecule has 9 heteroatoms. The molecule has 0 fully saturated rings. The Hall–Kier alpha value is -3.04. The highest BCUT2D eigenvalue weighted by Crippen LogP contribution is 2.15. The molecule has 1 aromatic carbocycles. The number of nitrogens with one attached hydrogen (secondary N) is 2. The smallest absolute Gasteiger partial charge is 0.262 e. The lowest BCUT2D eigenvalue weighted by Crippen LogP contribution is -2.24. The van der Waals surface area contributed by atoms with Crippen molar-refractivity contribution in [3.63, 3.8) is 0 Å². The summed E-state index contributed by atoms with van der Waals surface area (Å²) in [5.74, 6) is -0.947. The number of rotatable bonds is 7. The Bertz CT molecular complexity index is 1010. The third-order valence-electron chi connectivity index (χ3n) is 4.06. The Labute approximate surface area is 158 Å². The van der Waals surface area contributed by atoms with Crippen molar-refractivity contribution >= 4 is 39.2 Å². The number of carbonyl (C=O) groups excluding carboxylic acids is 2. The van der Waals surface area contributed by atoms with Gasteiger partial charge < -0.3 is 4.57 Å². The van der Waals surface area contributed by atoms with Crippen LogP contribution in [-0.2, 0) is 11.3 Å². The Morgan fingerprint density at radius 3 is 2.78 bits per heavy atom. The van der Waals surface area contributed by atoms with E-state index in [9.17, 15) is 14.4 Å². The van der Waals surface area contributed by atoms with Crippen molar-refractivity contribution in [1.29, 1.82) is 0 Å². The summed E-state index contributed by atoms with van der Waals surface area (Å²) >= 11 is 1.27. The molecular weight excluding hydrogens is 368 g/mol. The van der Waals surface area contributed by atoms with E-state index in [0.29, 0.717) is 29.9 Å². The first-order valence-corrected chi connectivity index (χ1v) is 9.24. The van der Waals surface area contributed by atoms with E-state index in [-0.39, 0.29) is 17.4 Å². The fourth-order valence-electron chi connectivity index (χ4n) is 2.77. The average Bonchev–Trinajstić information content (AvgIpc) is 3.19. The second-order valence-electron chi connectivity index (χ2n) is 5.87. The third-order valence-corrected chi connectivity index (χ3v) is 4.75. The van der Waals surface area contributed by atoms with E-state index in [1.807, 2.05) is 16.7 Å². The number of aromatic nitrogens is 2. The Morgan fingerprint density at radius 1 is 1.22 bits per heavy atom. The summed E-state index contributed by atoms with van der Waals surface area (Å²) in [5, 5.41) is 13.8. The first-order valence-electron chi connectivity index (χ1n) is 8.36. The van der Waals surface area contributed by atoms with Gasteiger partial charge in [-0.15, -0.1) is 11.3 Å². The van der Waals surface area contributed by atoms with Gasteiger partial charge in [0.1, 0.15) is 5.56 Å². The quantitative estimate of drug-likeness (QED) is 0.328. The molecule has 0 unspecified atom stereocenters. The summed E-state index contributed by atoms with van der Waals surface area (Å²) < 4.78 is 1.84. The lowest BCUT2D eigenvalue weighted by Gasteiger charge is -2.13. The van der Waals surface area contributed by atoms with Crippen molar-refractivity contribution in [3.05, 3.63) is 57.8 Å². The van der Waals surface area contributed by atoms with Crippen LogP contribution in [0.25, 0.3) is 10.9 Å². The zero-order valence-corrected chi connectivity index (χ0v) is 15.2. The molecule has 0 radical (unpaired) electrons. The number of hydroxylamine groups is 1. The number of anilines is 1. The van der Waals surface area contributed by atoms with Crippen LogP contribution in [0.3, 0.4) is 0 Å². The van der Waals surface area contributed by atoms with E-state index < -0.39 is 11.8 Å². The number of nitrogens with zero attached hydrogens (tertiary/aromatic N) is 2. The lowest BCUT2D eigenvalue weighted by molar-refractivity contribution is -0.129. The van der Waals surface area contributed by atoms with Crippen molar-refractivity contribution in [2.75, 3.05) is 5.32 Å². The van der Waals surface area contributed by atoms with Crippen LogP contribution in [0.4, 0.5) is 5.13 Å². The van der Waals surface area contributed by atoms with E-state index >= 15 is 0 Å². The van der Waals surface area contributed by atoms with E-state index in [4.69, 9.17) is 5.21 Å². The molecule has 2 amide bonds. The number of hydrogen-bond donors (Lipinski definition) is 3. The molecule has 3 N–H and O–H groups in total. The molecule has 0 aliphatic rings. The summed E-state index contributed by atoms with van der Waals surface area (Å²) in [6.07, 6.45) is 4.52. The van der Waals surface area contributed by atoms with E-state index in [1.54, 1.807) is 35.4 Å². The predicted molar refractivity (Wildman–Crippen MR) is 102 cm³/mol. The number of thiazole rings is 1. The summed E-state index contributed by atoms with van der Waals surface area (Å²) in [4.78, 5) is 40.4. The van der Waals surface area contributed by atoms with Crippen LogP contribution < -0.4 is 16.2 Å². The van der Waals surface area contributed by atoms with Crippen LogP contribution in [0.1, 0.15) is 29.6 Å². The first kappa shape index (κ1) is 18.7. The van der Waals surface area contributed by atoms with Crippen molar-refractivity contribution in [2.45, 2.75) is 25.8 Å². The van der Waals surface area contributed by atoms with Crippen LogP contribution in [0.2, 0.25) is 0 Å². The number of carbonyl (C=O) groups is 2. The van der Waals surface area contributed by atoms with Crippen molar-refractivity contribution < 1.29 is 14.8 Å². The topological polar surface area (TPSA) is 113 Å². The second kappa shape index (κ2) is 8.56. The number of fused-ring (bicyclic) bond motifs is 1. The molecule has 0 spiro atoms. The maximum atomic E-state index is 12.7. The molecule has 0 bridgehead atoms. The first-order chi connectivity index (χ1) is 13.1. The third kappa shape index (κ3) is 4.39. The largest absolute Gasteiger partial charge is 0.346 e. The van der Waals surface area contributed by atoms with Crippen LogP contribution >= 0.6 is 11.3 Å². The predicted octanol–water partition coefficient (Wildman–Crippen LogP) is 2.39. The number of para-hydroxylation sites is 1. The number of benzene rings is 1. The minimum absolute atomic E-state index is 0.0389. The van der Waals surface area contributed by atoms with Crippen molar-refractivity contribution in [2.24, 2.45) is 0 Å². The highest BCUT2D eigenvalue weighted by Gasteiger charge is 2.16. The Kier molecular flexibility index (Phi) is 5.94. The number of unbranched alkanes of at least 4 members (excludes halogenated alkanes) is 1. The lowest BCUT2D eigenvalue weighted by atomic mass is 10.1. The van der Waals surface area contributed by atoms with E-state index in [0.717, 1.165) is 5.52 Å². The number of amides is 2. The van der Waals surface area contributed by atoms with Gasteiger partial charge in [0.15, 0.2) is 5.13 Å². The molecule has 0 aliphatic carbocycles. The molecule has 0 atom stereocenters. The van der Waals surface area contributed by atoms with Crippen molar-refractivity contribution in [1.82, 2.24) is 15.0 Å². The molecule has 140 valence electrons. The maximum absolute atomic E-state index is 12.7. The van der Waals surface area contributed by atoms with Crippen LogP contribution in [-0.4, -0.2) is 26.6 Å². The van der Waals surface area contributed by atoms with Gasteiger partial charge >= 0.3 is 0 Å². The van der Waals surface area contributed by atoms with Crippen LogP contribution in [0.5, 0.6) is 0 Å². The van der Waals surface area contributed by atoms with Gasteiger partial charge in [-0.1, -0.05) is 12.1 Å². The average molecular weight is 386 g/mol. The summed E-state index contributed by atoms with van der Waals surface area (Å²) in [6, 6.07) is 7.09. The highest BCUT2D eigenvalue weighted by molar-refractivity contribution is 7.13. The van der Waals surface area contributed by atoms with Gasteiger partial charge in [0, 0.05) is 36.1 Å². The zero-order valence-electron chi connectivity index (χ0n) is 14.3. The molecule has 2 heterocycles. The SMILES string of the molecule is O=C(CCCCn1cc(C(=O)Nc2nccs2)c(=O)c2ccccc21)NO. The van der Waals surface area contributed by atoms with E-state index in [2.05, 4.69) is 10.3 Å². The summed E-state index contributed by atoms with van der Waals surface area (Å²) in [6.45, 7) is 0.525. The van der Waals surface area contributed by atoms with Gasteiger partial charge in [-0.3, -0.25) is 24.9 Å². The number of hydrogen-bond acceptors (Lipinski definition) is 6. The van der Waals surface area contributed by atoms with E-state index in [1.165, 1.54) is 11.3 Å². The standard InChI is InChI=1S/C18H18N4O4S/c23-15(21-26)7-3-4-9-22-11-13(17(25)20-18-19-8-10-27-18)16(24)12-5-1-2-6-14(12)22/h1-2,5-6,8,10-11,26H,3-4,7,9H2,(H,21,23)(H,19,20,25). The molecule has 8 nitrogen and oxygen atoms in total. The molecule has 0 saturated carbocycles. The Morgan fingerprint density at radius 2 is 2.04 bits per heavy atom. The normalized spacial score (nSPS) is 10.7. The summed E-state index contributed by atoms with van der Waals surface area (Å²) in [5.41, 5.74) is 2.02. The molecule has 3 aromatic rings. The van der Waals surface area contributed by atoms with Gasteiger partial charge in [0.2, 0.25) is 11.3 Å². The van der Waals surface area contributed by atoms with Gasteiger partial charge in [-0.2, -0.15) is 0 Å². The number of aryl methyl sites for hydroxylation is 1. The van der Waals surface area contributed by atoms with Gasteiger partial charge in [-0.05, 0) is 25.0 Å². The van der Waals surface area contributed by atoms with Gasteiger partial charge in [0.25, 0.3) is 5.91 Å². The summed E-state index contributed by atoms with van der Waals surface area (Å²) in [7, 11) is 0. The molecular formula is C18H18N4O4S. The molecule has 0 aliphatic heterocycles. The van der Waals surface area contributed by atoms with Gasteiger partial charge in [0.05, 0.1) is 5.52 Å². The maximum Gasteiger partial charge on any atom is 0.262 e. The molecule has 3 rings (SSSR count). The Balaban J connectivity index is 1.88. The molecule has 2 aromatic heterocycles. The fourth-order valence-corrected chi connectivity index (χ4v) is 3.29. The minimum Gasteiger partial charge on any atom is -0.346 e. The highest BCUT2D eigenvalue weighted by atomic mass is 32.1. The zero-order chi connectivity index (χ0) is 19.2. The molecule has 0 saturated heterocycles. The van der Waals surface area contributed by atoms with Gasteiger partial charge in [-0.25, -0.2) is 10.5 Å². The number of pyridine rings is 1. The molecule has 27 heavy (non-hydrogen) atoms. The second-order valence-corrected chi connectivity index (χ2v) is 6.76. The van der Waals surface area contributed by atoms with Crippen LogP contribution in [0.15, 0.2) is 46.8 Å². The van der Waals surface area contributed by atoms with Crippen LogP contribution in [0, 0.1) is 0 Å². The monoisotopic (exact) mass is 386 g/mol.